The maximum absolute atomic E-state index is 12.5. The van der Waals surface area contributed by atoms with Gasteiger partial charge >= 0.3 is 0 Å². The van der Waals surface area contributed by atoms with E-state index in [9.17, 15) is 4.79 Å². The van der Waals surface area contributed by atoms with Crippen LogP contribution in [0.3, 0.4) is 0 Å². The highest BCUT2D eigenvalue weighted by Crippen LogP contribution is 2.23. The molecule has 2 aromatic heterocycles. The molecule has 0 aliphatic carbocycles. The lowest BCUT2D eigenvalue weighted by molar-refractivity contribution is 0.0519. The van der Waals surface area contributed by atoms with Gasteiger partial charge in [-0.2, -0.15) is 0 Å². The van der Waals surface area contributed by atoms with Crippen LogP contribution in [-0.4, -0.2) is 57.1 Å². The van der Waals surface area contributed by atoms with Crippen molar-refractivity contribution in [3.05, 3.63) is 35.7 Å². The number of hydrogen-bond acceptors (Lipinski definition) is 5. The van der Waals surface area contributed by atoms with Gasteiger partial charge in [0.25, 0.3) is 5.91 Å². The Labute approximate surface area is 123 Å². The molecule has 7 nitrogen and oxygen atoms in total. The molecule has 1 fully saturated rings. The second kappa shape index (κ2) is 5.33. The van der Waals surface area contributed by atoms with E-state index in [-0.39, 0.29) is 11.9 Å². The van der Waals surface area contributed by atoms with Crippen molar-refractivity contribution in [1.29, 1.82) is 0 Å². The van der Waals surface area contributed by atoms with Gasteiger partial charge < -0.3 is 14.0 Å². The van der Waals surface area contributed by atoms with Crippen LogP contribution in [0.25, 0.3) is 0 Å². The van der Waals surface area contributed by atoms with E-state index in [1.54, 1.807) is 19.2 Å². The van der Waals surface area contributed by atoms with Gasteiger partial charge in [-0.15, -0.1) is 0 Å². The normalized spacial score (nSPS) is 20.0. The number of rotatable bonds is 2. The van der Waals surface area contributed by atoms with Crippen LogP contribution >= 0.6 is 0 Å². The molecule has 1 aliphatic heterocycles. The number of aromatic nitrogens is 3. The van der Waals surface area contributed by atoms with Crippen molar-refractivity contribution in [1.82, 2.24) is 24.5 Å². The summed E-state index contributed by atoms with van der Waals surface area (Å²) in [5.41, 5.74) is 0.371. The van der Waals surface area contributed by atoms with E-state index in [0.717, 1.165) is 12.4 Å². The van der Waals surface area contributed by atoms with Crippen LogP contribution in [0.2, 0.25) is 0 Å². The summed E-state index contributed by atoms with van der Waals surface area (Å²) in [7, 11) is 4.03. The first-order valence-electron chi connectivity index (χ1n) is 6.96. The van der Waals surface area contributed by atoms with Gasteiger partial charge in [0.2, 0.25) is 0 Å². The predicted octanol–water partition coefficient (Wildman–Crippen LogP) is 0.845. The fourth-order valence-corrected chi connectivity index (χ4v) is 2.66. The third-order valence-corrected chi connectivity index (χ3v) is 3.94. The summed E-state index contributed by atoms with van der Waals surface area (Å²) < 4.78 is 6.99. The number of carbonyl (C=O) groups excluding carboxylic acids is 1. The molecule has 1 aliphatic rings. The number of aryl methyl sites for hydroxylation is 2. The summed E-state index contributed by atoms with van der Waals surface area (Å²) in [6.07, 6.45) is 3.70. The Morgan fingerprint density at radius 2 is 2.19 bits per heavy atom. The lowest BCUT2D eigenvalue weighted by atomic mass is 10.1. The quantitative estimate of drug-likeness (QED) is 0.820. The molecule has 112 valence electrons. The summed E-state index contributed by atoms with van der Waals surface area (Å²) >= 11 is 0. The monoisotopic (exact) mass is 289 g/mol. The lowest BCUT2D eigenvalue weighted by Crippen LogP contribution is -2.49. The number of nitrogens with zero attached hydrogens (tertiary/aromatic N) is 5. The van der Waals surface area contributed by atoms with Crippen LogP contribution < -0.4 is 0 Å². The Morgan fingerprint density at radius 3 is 2.81 bits per heavy atom. The van der Waals surface area contributed by atoms with E-state index < -0.39 is 0 Å². The Morgan fingerprint density at radius 1 is 1.38 bits per heavy atom. The molecule has 1 atom stereocenters. The van der Waals surface area contributed by atoms with Crippen LogP contribution in [0.1, 0.15) is 28.1 Å². The maximum atomic E-state index is 12.5. The first kappa shape index (κ1) is 13.8. The van der Waals surface area contributed by atoms with Gasteiger partial charge in [-0.25, -0.2) is 4.98 Å². The minimum absolute atomic E-state index is 0.0841. The summed E-state index contributed by atoms with van der Waals surface area (Å²) in [5, 5.41) is 3.81. The molecule has 2 aromatic rings. The van der Waals surface area contributed by atoms with E-state index in [1.165, 1.54) is 0 Å². The number of carbonyl (C=O) groups is 1. The molecule has 3 rings (SSSR count). The predicted molar refractivity (Wildman–Crippen MR) is 75.7 cm³/mol. The molecule has 0 saturated carbocycles. The Bertz CT molecular complexity index is 647. The van der Waals surface area contributed by atoms with Gasteiger partial charge in [0.15, 0.2) is 5.69 Å². The van der Waals surface area contributed by atoms with E-state index >= 15 is 0 Å². The molecule has 1 saturated heterocycles. The van der Waals surface area contributed by atoms with Gasteiger partial charge in [0.05, 0.1) is 6.04 Å². The molecule has 0 aromatic carbocycles. The van der Waals surface area contributed by atoms with Crippen molar-refractivity contribution in [3.8, 4) is 0 Å². The Balaban J connectivity index is 1.80. The highest BCUT2D eigenvalue weighted by Gasteiger charge is 2.32. The first-order valence-corrected chi connectivity index (χ1v) is 6.96. The van der Waals surface area contributed by atoms with Gasteiger partial charge in [-0.3, -0.25) is 9.69 Å². The fourth-order valence-electron chi connectivity index (χ4n) is 2.66. The van der Waals surface area contributed by atoms with Gasteiger partial charge in [-0.05, 0) is 14.0 Å². The van der Waals surface area contributed by atoms with Crippen molar-refractivity contribution in [3.63, 3.8) is 0 Å². The van der Waals surface area contributed by atoms with Crippen molar-refractivity contribution < 1.29 is 9.32 Å². The highest BCUT2D eigenvalue weighted by molar-refractivity contribution is 5.92. The molecule has 0 bridgehead atoms. The SMILES string of the molecule is Cc1cc(C(=O)N2CCN(C)[C@@H](c3nccn3C)C2)no1. The van der Waals surface area contributed by atoms with Gasteiger partial charge in [0, 0.05) is 45.1 Å². The average molecular weight is 289 g/mol. The average Bonchev–Trinajstić information content (AvgIpc) is 3.07. The largest absolute Gasteiger partial charge is 0.361 e. The minimum atomic E-state index is -0.0841. The van der Waals surface area contributed by atoms with Crippen molar-refractivity contribution in [2.24, 2.45) is 7.05 Å². The van der Waals surface area contributed by atoms with Crippen LogP contribution in [0, 0.1) is 6.92 Å². The molecule has 0 spiro atoms. The molecule has 1 amide bonds. The second-order valence-corrected chi connectivity index (χ2v) is 5.47. The molecule has 21 heavy (non-hydrogen) atoms. The zero-order valence-corrected chi connectivity index (χ0v) is 12.5. The first-order chi connectivity index (χ1) is 10.1. The van der Waals surface area contributed by atoms with Crippen molar-refractivity contribution in [2.45, 2.75) is 13.0 Å². The molecular formula is C14H19N5O2. The third-order valence-electron chi connectivity index (χ3n) is 3.94. The number of hydrogen-bond donors (Lipinski definition) is 0. The Kier molecular flexibility index (Phi) is 3.50. The molecule has 0 radical (unpaired) electrons. The van der Waals surface area contributed by atoms with Crippen LogP contribution in [0.4, 0.5) is 0 Å². The van der Waals surface area contributed by atoms with E-state index in [0.29, 0.717) is 24.5 Å². The standard InChI is InChI=1S/C14H19N5O2/c1-10-8-11(16-21-10)14(20)19-7-6-17(2)12(9-19)13-15-4-5-18(13)3/h4-5,8,12H,6-7,9H2,1-3H3/t12-/m1/s1. The highest BCUT2D eigenvalue weighted by atomic mass is 16.5. The van der Waals surface area contributed by atoms with E-state index in [2.05, 4.69) is 22.1 Å². The summed E-state index contributed by atoms with van der Waals surface area (Å²) in [6.45, 7) is 3.87. The smallest absolute Gasteiger partial charge is 0.276 e. The number of likely N-dealkylation sites (N-methyl/N-ethyl adjacent to an activating group) is 1. The van der Waals surface area contributed by atoms with Crippen LogP contribution in [0.15, 0.2) is 23.0 Å². The number of amides is 1. The summed E-state index contributed by atoms with van der Waals surface area (Å²) in [6, 6.07) is 1.77. The third kappa shape index (κ3) is 2.56. The van der Waals surface area contributed by atoms with E-state index in [4.69, 9.17) is 4.52 Å². The Hall–Kier alpha value is -2.15. The van der Waals surface area contributed by atoms with Crippen LogP contribution in [-0.2, 0) is 7.05 Å². The lowest BCUT2D eigenvalue weighted by Gasteiger charge is -2.38. The molecular weight excluding hydrogens is 270 g/mol. The molecule has 0 N–H and O–H groups in total. The van der Waals surface area contributed by atoms with Crippen molar-refractivity contribution in [2.75, 3.05) is 26.7 Å². The van der Waals surface area contributed by atoms with Gasteiger partial charge in [0.1, 0.15) is 11.6 Å². The minimum Gasteiger partial charge on any atom is -0.361 e. The topological polar surface area (TPSA) is 67.4 Å². The van der Waals surface area contributed by atoms with Crippen LogP contribution in [0.5, 0.6) is 0 Å². The maximum Gasteiger partial charge on any atom is 0.276 e. The number of imidazole rings is 1. The molecule has 7 heteroatoms. The fraction of sp³-hybridized carbons (Fsp3) is 0.500. The molecule has 3 heterocycles. The van der Waals surface area contributed by atoms with E-state index in [1.807, 2.05) is 22.7 Å². The second-order valence-electron chi connectivity index (χ2n) is 5.47. The number of piperazine rings is 1. The zero-order valence-electron chi connectivity index (χ0n) is 12.5. The summed E-state index contributed by atoms with van der Waals surface area (Å²) in [4.78, 5) is 20.9. The zero-order chi connectivity index (χ0) is 15.0. The van der Waals surface area contributed by atoms with Gasteiger partial charge in [-0.1, -0.05) is 5.16 Å². The molecule has 0 unspecified atom stereocenters. The van der Waals surface area contributed by atoms with Crippen molar-refractivity contribution >= 4 is 5.91 Å². The summed E-state index contributed by atoms with van der Waals surface area (Å²) in [5.74, 6) is 1.53.